The van der Waals surface area contributed by atoms with E-state index in [4.69, 9.17) is 20.8 Å². The molecule has 0 aliphatic carbocycles. The highest BCUT2D eigenvalue weighted by molar-refractivity contribution is 6.32. The zero-order valence-electron chi connectivity index (χ0n) is 9.84. The molecule has 1 heterocycles. The molecule has 96 valence electrons. The predicted molar refractivity (Wildman–Crippen MR) is 71.5 cm³/mol. The summed E-state index contributed by atoms with van der Waals surface area (Å²) in [5, 5.41) is 9.89. The standard InChI is InChI=1S/C14H10ClNO3/c15-10-3-1-2-4-12(10)18-8-14-16-11-6-5-9(17)7-13(11)19-14/h1-7,17H,8H2. The molecule has 19 heavy (non-hydrogen) atoms. The Labute approximate surface area is 114 Å². The van der Waals surface area contributed by atoms with Gasteiger partial charge in [0.1, 0.15) is 17.0 Å². The first kappa shape index (κ1) is 11.9. The van der Waals surface area contributed by atoms with Crippen molar-refractivity contribution in [2.45, 2.75) is 6.61 Å². The van der Waals surface area contributed by atoms with Gasteiger partial charge in [-0.25, -0.2) is 4.98 Å². The number of fused-ring (bicyclic) bond motifs is 1. The van der Waals surface area contributed by atoms with Gasteiger partial charge in [-0.1, -0.05) is 23.7 Å². The Bertz CT molecular complexity index is 724. The summed E-state index contributed by atoms with van der Waals surface area (Å²) in [5.41, 5.74) is 1.20. The summed E-state index contributed by atoms with van der Waals surface area (Å²) < 4.78 is 11.0. The van der Waals surface area contributed by atoms with Gasteiger partial charge < -0.3 is 14.3 Å². The van der Waals surface area contributed by atoms with E-state index < -0.39 is 0 Å². The number of phenolic OH excluding ortho intramolecular Hbond substituents is 1. The fourth-order valence-electron chi connectivity index (χ4n) is 1.72. The van der Waals surface area contributed by atoms with E-state index in [1.807, 2.05) is 12.1 Å². The minimum absolute atomic E-state index is 0.141. The second-order valence-electron chi connectivity index (χ2n) is 3.98. The van der Waals surface area contributed by atoms with E-state index in [-0.39, 0.29) is 12.4 Å². The van der Waals surface area contributed by atoms with Crippen molar-refractivity contribution in [2.75, 3.05) is 0 Å². The molecule has 0 unspecified atom stereocenters. The molecular weight excluding hydrogens is 266 g/mol. The number of aromatic nitrogens is 1. The molecule has 0 bridgehead atoms. The molecule has 1 N–H and O–H groups in total. The van der Waals surface area contributed by atoms with Gasteiger partial charge in [-0.05, 0) is 24.3 Å². The number of benzene rings is 2. The van der Waals surface area contributed by atoms with E-state index in [1.165, 1.54) is 6.07 Å². The van der Waals surface area contributed by atoms with Crippen LogP contribution in [0, 0.1) is 0 Å². The Morgan fingerprint density at radius 1 is 1.21 bits per heavy atom. The predicted octanol–water partition coefficient (Wildman–Crippen LogP) is 3.77. The van der Waals surface area contributed by atoms with Crippen molar-refractivity contribution in [3.05, 3.63) is 53.4 Å². The van der Waals surface area contributed by atoms with Crippen molar-refractivity contribution < 1.29 is 14.3 Å². The Morgan fingerprint density at radius 2 is 2.05 bits per heavy atom. The third kappa shape index (κ3) is 2.48. The Hall–Kier alpha value is -2.20. The van der Waals surface area contributed by atoms with Crippen LogP contribution in [0.2, 0.25) is 5.02 Å². The van der Waals surface area contributed by atoms with E-state index >= 15 is 0 Å². The number of phenols is 1. The van der Waals surface area contributed by atoms with Gasteiger partial charge in [-0.2, -0.15) is 0 Å². The van der Waals surface area contributed by atoms with Gasteiger partial charge in [-0.15, -0.1) is 0 Å². The topological polar surface area (TPSA) is 55.5 Å². The Balaban J connectivity index is 1.80. The number of ether oxygens (including phenoxy) is 1. The maximum Gasteiger partial charge on any atom is 0.233 e. The van der Waals surface area contributed by atoms with Crippen molar-refractivity contribution >= 4 is 22.7 Å². The normalized spacial score (nSPS) is 10.8. The first-order chi connectivity index (χ1) is 9.22. The average molecular weight is 276 g/mol. The molecule has 0 aliphatic rings. The maximum absolute atomic E-state index is 9.35. The average Bonchev–Trinajstić information content (AvgIpc) is 2.79. The molecule has 3 aromatic rings. The number of para-hydroxylation sites is 1. The van der Waals surface area contributed by atoms with Crippen molar-refractivity contribution in [1.82, 2.24) is 4.98 Å². The summed E-state index contributed by atoms with van der Waals surface area (Å²) in [6, 6.07) is 12.0. The highest BCUT2D eigenvalue weighted by atomic mass is 35.5. The molecule has 0 saturated carbocycles. The van der Waals surface area contributed by atoms with Crippen molar-refractivity contribution in [1.29, 1.82) is 0 Å². The van der Waals surface area contributed by atoms with Crippen LogP contribution in [0.25, 0.3) is 11.1 Å². The zero-order valence-corrected chi connectivity index (χ0v) is 10.6. The second-order valence-corrected chi connectivity index (χ2v) is 4.39. The van der Waals surface area contributed by atoms with Crippen LogP contribution < -0.4 is 4.74 Å². The summed E-state index contributed by atoms with van der Waals surface area (Å²) in [6.07, 6.45) is 0. The van der Waals surface area contributed by atoms with Gasteiger partial charge in [0.2, 0.25) is 5.89 Å². The lowest BCUT2D eigenvalue weighted by molar-refractivity contribution is 0.267. The number of rotatable bonds is 3. The minimum atomic E-state index is 0.141. The SMILES string of the molecule is Oc1ccc2nc(COc3ccccc3Cl)oc2c1. The monoisotopic (exact) mass is 275 g/mol. The highest BCUT2D eigenvalue weighted by Gasteiger charge is 2.08. The maximum atomic E-state index is 9.35. The van der Waals surface area contributed by atoms with Crippen LogP contribution in [-0.2, 0) is 6.61 Å². The number of halogens is 1. The molecular formula is C14H10ClNO3. The van der Waals surface area contributed by atoms with Gasteiger partial charge in [0.15, 0.2) is 12.2 Å². The largest absolute Gasteiger partial charge is 0.508 e. The van der Waals surface area contributed by atoms with Crippen molar-refractivity contribution in [3.63, 3.8) is 0 Å². The van der Waals surface area contributed by atoms with E-state index in [2.05, 4.69) is 4.98 Å². The quantitative estimate of drug-likeness (QED) is 0.790. The Morgan fingerprint density at radius 3 is 2.89 bits per heavy atom. The lowest BCUT2D eigenvalue weighted by atomic mass is 10.3. The molecule has 1 aromatic heterocycles. The smallest absolute Gasteiger partial charge is 0.233 e. The number of aromatic hydroxyl groups is 1. The van der Waals surface area contributed by atoms with Crippen molar-refractivity contribution in [2.24, 2.45) is 0 Å². The molecule has 0 aliphatic heterocycles. The second kappa shape index (κ2) is 4.82. The minimum Gasteiger partial charge on any atom is -0.508 e. The summed E-state index contributed by atoms with van der Waals surface area (Å²) >= 11 is 5.98. The fourth-order valence-corrected chi connectivity index (χ4v) is 1.91. The zero-order chi connectivity index (χ0) is 13.2. The van der Waals surface area contributed by atoms with Crippen LogP contribution in [0.3, 0.4) is 0 Å². The number of hydrogen-bond acceptors (Lipinski definition) is 4. The van der Waals surface area contributed by atoms with Gasteiger partial charge >= 0.3 is 0 Å². The third-order valence-corrected chi connectivity index (χ3v) is 2.92. The van der Waals surface area contributed by atoms with Crippen LogP contribution in [0.5, 0.6) is 11.5 Å². The number of hydrogen-bond donors (Lipinski definition) is 1. The van der Waals surface area contributed by atoms with Crippen LogP contribution in [0.15, 0.2) is 46.9 Å². The molecule has 2 aromatic carbocycles. The lowest BCUT2D eigenvalue weighted by Crippen LogP contribution is -1.95. The molecule has 3 rings (SSSR count). The fraction of sp³-hybridized carbons (Fsp3) is 0.0714. The molecule has 0 saturated heterocycles. The summed E-state index contributed by atoms with van der Waals surface area (Å²) in [6.45, 7) is 0.180. The molecule has 0 amide bonds. The van der Waals surface area contributed by atoms with Crippen LogP contribution in [-0.4, -0.2) is 10.1 Å². The third-order valence-electron chi connectivity index (χ3n) is 2.60. The molecule has 4 nitrogen and oxygen atoms in total. The summed E-state index contributed by atoms with van der Waals surface area (Å²) in [7, 11) is 0. The number of nitrogens with zero attached hydrogens (tertiary/aromatic N) is 1. The van der Waals surface area contributed by atoms with Gasteiger partial charge in [0.25, 0.3) is 0 Å². The molecule has 0 radical (unpaired) electrons. The van der Waals surface area contributed by atoms with E-state index in [9.17, 15) is 5.11 Å². The molecule has 5 heteroatoms. The van der Waals surface area contributed by atoms with Crippen LogP contribution in [0.1, 0.15) is 5.89 Å². The summed E-state index contributed by atoms with van der Waals surface area (Å²) in [5.74, 6) is 1.15. The molecule has 0 atom stereocenters. The number of oxazole rings is 1. The lowest BCUT2D eigenvalue weighted by Gasteiger charge is -2.04. The van der Waals surface area contributed by atoms with Crippen LogP contribution in [0.4, 0.5) is 0 Å². The van der Waals surface area contributed by atoms with Crippen LogP contribution >= 0.6 is 11.6 Å². The van der Waals surface area contributed by atoms with Gasteiger partial charge in [0.05, 0.1) is 5.02 Å². The van der Waals surface area contributed by atoms with E-state index in [0.29, 0.717) is 27.8 Å². The van der Waals surface area contributed by atoms with Gasteiger partial charge in [-0.3, -0.25) is 0 Å². The molecule has 0 fully saturated rings. The van der Waals surface area contributed by atoms with E-state index in [0.717, 1.165) is 0 Å². The highest BCUT2D eigenvalue weighted by Crippen LogP contribution is 2.25. The van der Waals surface area contributed by atoms with Gasteiger partial charge in [0, 0.05) is 6.07 Å². The first-order valence-electron chi connectivity index (χ1n) is 5.68. The molecule has 0 spiro atoms. The first-order valence-corrected chi connectivity index (χ1v) is 6.06. The summed E-state index contributed by atoms with van der Waals surface area (Å²) in [4.78, 5) is 4.25. The van der Waals surface area contributed by atoms with E-state index in [1.54, 1.807) is 24.3 Å². The Kier molecular flexibility index (Phi) is 3.01. The van der Waals surface area contributed by atoms with Crippen molar-refractivity contribution in [3.8, 4) is 11.5 Å².